The lowest BCUT2D eigenvalue weighted by Crippen LogP contribution is -2.42. The van der Waals surface area contributed by atoms with Gasteiger partial charge in [0.1, 0.15) is 5.38 Å². The number of amides is 3. The predicted octanol–water partition coefficient (Wildman–Crippen LogP) is 1.36. The molecule has 0 radical (unpaired) electrons. The van der Waals surface area contributed by atoms with Crippen LogP contribution in [0.4, 0.5) is 4.79 Å². The number of hydrogen-bond acceptors (Lipinski definition) is 3. The molecule has 3 amide bonds. The number of carbonyl (C=O) groups is 2. The lowest BCUT2D eigenvalue weighted by Gasteiger charge is -2.06. The highest BCUT2D eigenvalue weighted by atomic mass is 35.5. The number of hydrogen-bond donors (Lipinski definition) is 2. The van der Waals surface area contributed by atoms with Gasteiger partial charge in [0.2, 0.25) is 5.91 Å². The van der Waals surface area contributed by atoms with Gasteiger partial charge in [-0.2, -0.15) is 11.8 Å². The van der Waals surface area contributed by atoms with Gasteiger partial charge in [0.25, 0.3) is 0 Å². The minimum absolute atomic E-state index is 0.493. The molecule has 4 nitrogen and oxygen atoms in total. The molecular formula is C9H15ClN2O2S. The monoisotopic (exact) mass is 250 g/mol. The van der Waals surface area contributed by atoms with Crippen LogP contribution in [0.25, 0.3) is 0 Å². The van der Waals surface area contributed by atoms with Crippen LogP contribution in [0.5, 0.6) is 0 Å². The molecule has 86 valence electrons. The Morgan fingerprint density at radius 1 is 1.60 bits per heavy atom. The molecule has 0 fully saturated rings. The number of nitrogens with one attached hydrogen (secondary N) is 2. The van der Waals surface area contributed by atoms with E-state index in [4.69, 9.17) is 11.6 Å². The second-order valence-corrected chi connectivity index (χ2v) is 4.53. The molecule has 0 aromatic carbocycles. The molecule has 0 aromatic rings. The summed E-state index contributed by atoms with van der Waals surface area (Å²) < 4.78 is 0. The van der Waals surface area contributed by atoms with E-state index in [1.165, 1.54) is 6.92 Å². The molecule has 1 atom stereocenters. The van der Waals surface area contributed by atoms with Crippen LogP contribution in [0.2, 0.25) is 0 Å². The summed E-state index contributed by atoms with van der Waals surface area (Å²) in [5.41, 5.74) is 0. The van der Waals surface area contributed by atoms with Crippen molar-refractivity contribution in [2.45, 2.75) is 12.3 Å². The van der Waals surface area contributed by atoms with Gasteiger partial charge in [-0.3, -0.25) is 10.1 Å². The van der Waals surface area contributed by atoms with Gasteiger partial charge in [0, 0.05) is 18.1 Å². The second-order valence-electron chi connectivity index (χ2n) is 2.72. The van der Waals surface area contributed by atoms with Crippen LogP contribution < -0.4 is 10.6 Å². The Morgan fingerprint density at radius 2 is 2.27 bits per heavy atom. The second kappa shape index (κ2) is 8.61. The summed E-state index contributed by atoms with van der Waals surface area (Å²) in [4.78, 5) is 22.0. The van der Waals surface area contributed by atoms with Crippen LogP contribution >= 0.6 is 23.4 Å². The zero-order valence-corrected chi connectivity index (χ0v) is 10.2. The van der Waals surface area contributed by atoms with Gasteiger partial charge in [0.15, 0.2) is 0 Å². The Hall–Kier alpha value is -0.680. The van der Waals surface area contributed by atoms with Crippen molar-refractivity contribution in [3.05, 3.63) is 12.7 Å². The fraction of sp³-hybridized carbons (Fsp3) is 0.556. The number of halogens is 1. The van der Waals surface area contributed by atoms with E-state index in [1.807, 2.05) is 0 Å². The van der Waals surface area contributed by atoms with Crippen molar-refractivity contribution in [2.24, 2.45) is 0 Å². The van der Waals surface area contributed by atoms with Gasteiger partial charge in [-0.15, -0.1) is 18.2 Å². The Kier molecular flexibility index (Phi) is 8.22. The lowest BCUT2D eigenvalue weighted by molar-refractivity contribution is -0.119. The lowest BCUT2D eigenvalue weighted by atomic mass is 10.4. The largest absolute Gasteiger partial charge is 0.337 e. The first-order chi connectivity index (χ1) is 7.07. The molecule has 0 aliphatic rings. The summed E-state index contributed by atoms with van der Waals surface area (Å²) >= 11 is 7.12. The van der Waals surface area contributed by atoms with E-state index in [2.05, 4.69) is 17.2 Å². The maximum absolute atomic E-state index is 11.1. The van der Waals surface area contributed by atoms with E-state index in [1.54, 1.807) is 17.8 Å². The van der Waals surface area contributed by atoms with Gasteiger partial charge in [0.05, 0.1) is 0 Å². The normalized spacial score (nSPS) is 11.6. The highest BCUT2D eigenvalue weighted by molar-refractivity contribution is 7.99. The third-order valence-electron chi connectivity index (χ3n) is 1.37. The van der Waals surface area contributed by atoms with Crippen LogP contribution in [-0.2, 0) is 4.79 Å². The van der Waals surface area contributed by atoms with Crippen LogP contribution in [0, 0.1) is 0 Å². The summed E-state index contributed by atoms with van der Waals surface area (Å²) in [5, 5.41) is 3.96. The van der Waals surface area contributed by atoms with Crippen LogP contribution in [0.3, 0.4) is 0 Å². The molecule has 0 saturated heterocycles. The zero-order chi connectivity index (χ0) is 11.7. The topological polar surface area (TPSA) is 58.2 Å². The van der Waals surface area contributed by atoms with Gasteiger partial charge in [-0.1, -0.05) is 6.08 Å². The van der Waals surface area contributed by atoms with Crippen molar-refractivity contribution >= 4 is 35.3 Å². The molecule has 0 heterocycles. The van der Waals surface area contributed by atoms with Gasteiger partial charge in [-0.05, 0) is 6.92 Å². The van der Waals surface area contributed by atoms with E-state index in [0.717, 1.165) is 11.5 Å². The molecule has 15 heavy (non-hydrogen) atoms. The first-order valence-electron chi connectivity index (χ1n) is 4.49. The molecule has 2 N–H and O–H groups in total. The summed E-state index contributed by atoms with van der Waals surface area (Å²) in [6.07, 6.45) is 1.80. The number of imide groups is 1. The minimum Gasteiger partial charge on any atom is -0.337 e. The number of rotatable bonds is 6. The molecule has 0 aromatic heterocycles. The number of thioether (sulfide) groups is 1. The minimum atomic E-state index is -0.703. The zero-order valence-electron chi connectivity index (χ0n) is 8.59. The number of carbonyl (C=O) groups excluding carboxylic acids is 2. The Morgan fingerprint density at radius 3 is 2.80 bits per heavy atom. The fourth-order valence-electron chi connectivity index (χ4n) is 0.659. The van der Waals surface area contributed by atoms with E-state index in [-0.39, 0.29) is 0 Å². The average molecular weight is 251 g/mol. The molecule has 0 rings (SSSR count). The molecule has 0 spiro atoms. The molecule has 0 saturated carbocycles. The standard InChI is InChI=1S/C9H15ClN2O2S/c1-3-5-15-6-4-11-9(14)12-8(13)7(2)10/h3,7H,1,4-6H2,2H3,(H2,11,12,13,14). The van der Waals surface area contributed by atoms with E-state index in [0.29, 0.717) is 6.54 Å². The van der Waals surface area contributed by atoms with Crippen LogP contribution in [0.1, 0.15) is 6.92 Å². The molecule has 0 aliphatic heterocycles. The van der Waals surface area contributed by atoms with Crippen molar-refractivity contribution in [2.75, 3.05) is 18.1 Å². The highest BCUT2D eigenvalue weighted by Gasteiger charge is 2.11. The third kappa shape index (κ3) is 8.32. The predicted molar refractivity (Wildman–Crippen MR) is 64.4 cm³/mol. The molecule has 0 aliphatic carbocycles. The third-order valence-corrected chi connectivity index (χ3v) is 2.53. The van der Waals surface area contributed by atoms with E-state index < -0.39 is 17.3 Å². The van der Waals surface area contributed by atoms with Crippen LogP contribution in [0.15, 0.2) is 12.7 Å². The Labute approximate surface area is 98.8 Å². The molecular weight excluding hydrogens is 236 g/mol. The van der Waals surface area contributed by atoms with Crippen molar-refractivity contribution in [3.8, 4) is 0 Å². The highest BCUT2D eigenvalue weighted by Crippen LogP contribution is 1.97. The van der Waals surface area contributed by atoms with Crippen molar-refractivity contribution in [1.82, 2.24) is 10.6 Å². The number of alkyl halides is 1. The molecule has 0 bridgehead atoms. The first-order valence-corrected chi connectivity index (χ1v) is 6.08. The number of urea groups is 1. The molecule has 6 heteroatoms. The van der Waals surface area contributed by atoms with Crippen molar-refractivity contribution in [3.63, 3.8) is 0 Å². The average Bonchev–Trinajstić information content (AvgIpc) is 2.17. The summed E-state index contributed by atoms with van der Waals surface area (Å²) in [6, 6.07) is -0.508. The van der Waals surface area contributed by atoms with Gasteiger partial charge < -0.3 is 5.32 Å². The van der Waals surface area contributed by atoms with E-state index >= 15 is 0 Å². The quantitative estimate of drug-likeness (QED) is 0.425. The van der Waals surface area contributed by atoms with Gasteiger partial charge >= 0.3 is 6.03 Å². The Bertz CT molecular complexity index is 234. The molecule has 1 unspecified atom stereocenters. The first kappa shape index (κ1) is 14.3. The maximum atomic E-state index is 11.1. The van der Waals surface area contributed by atoms with Crippen LogP contribution in [-0.4, -0.2) is 35.4 Å². The van der Waals surface area contributed by atoms with Gasteiger partial charge in [-0.25, -0.2) is 4.79 Å². The summed E-state index contributed by atoms with van der Waals surface area (Å²) in [6.45, 7) is 5.58. The fourth-order valence-corrected chi connectivity index (χ4v) is 1.29. The van der Waals surface area contributed by atoms with Crippen molar-refractivity contribution < 1.29 is 9.59 Å². The smallest absolute Gasteiger partial charge is 0.321 e. The summed E-state index contributed by atoms with van der Waals surface area (Å²) in [5.74, 6) is 1.14. The van der Waals surface area contributed by atoms with E-state index in [9.17, 15) is 9.59 Å². The maximum Gasteiger partial charge on any atom is 0.321 e. The van der Waals surface area contributed by atoms with Crippen molar-refractivity contribution in [1.29, 1.82) is 0 Å². The Balaban J connectivity index is 3.49. The SMILES string of the molecule is C=CCSCCNC(=O)NC(=O)C(C)Cl. The summed E-state index contributed by atoms with van der Waals surface area (Å²) in [7, 11) is 0.